The first-order chi connectivity index (χ1) is 7.37. The Kier molecular flexibility index (Phi) is 2.98. The molecule has 0 amide bonds. The lowest BCUT2D eigenvalue weighted by Gasteiger charge is -2.18. The van der Waals surface area contributed by atoms with Crippen LogP contribution in [0.15, 0.2) is 6.20 Å². The number of rotatable bonds is 1. The maximum absolute atomic E-state index is 11.7. The van der Waals surface area contributed by atoms with Gasteiger partial charge in [-0.05, 0) is 56.2 Å². The minimum atomic E-state index is -0.478. The van der Waals surface area contributed by atoms with Crippen LogP contribution >= 0.6 is 22.6 Å². The summed E-state index contributed by atoms with van der Waals surface area (Å²) in [5.41, 5.74) is 0.556. The van der Waals surface area contributed by atoms with Gasteiger partial charge in [0, 0.05) is 5.92 Å². The van der Waals surface area contributed by atoms with Crippen molar-refractivity contribution in [2.24, 2.45) is 0 Å². The van der Waals surface area contributed by atoms with Crippen molar-refractivity contribution in [3.8, 4) is 0 Å². The molecule has 1 heterocycles. The highest BCUT2D eigenvalue weighted by Gasteiger charge is 2.30. The lowest BCUT2D eigenvalue weighted by atomic mass is 10.2. The number of hydrogen-bond donors (Lipinski definition) is 0. The molecule has 0 unspecified atom stereocenters. The Hall–Kier alpha value is -0.590. The van der Waals surface area contributed by atoms with E-state index in [0.29, 0.717) is 5.92 Å². The van der Waals surface area contributed by atoms with E-state index in [4.69, 9.17) is 4.74 Å². The zero-order chi connectivity index (χ0) is 11.9. The summed E-state index contributed by atoms with van der Waals surface area (Å²) in [4.78, 5) is 11.7. The Morgan fingerprint density at radius 2 is 2.19 bits per heavy atom. The lowest BCUT2D eigenvalue weighted by Crippen LogP contribution is -2.27. The molecule has 1 aromatic heterocycles. The summed E-state index contributed by atoms with van der Waals surface area (Å²) in [6.45, 7) is 5.55. The van der Waals surface area contributed by atoms with Gasteiger partial charge in [0.1, 0.15) is 5.60 Å². The molecule has 0 spiro atoms. The van der Waals surface area contributed by atoms with Crippen molar-refractivity contribution in [1.29, 1.82) is 0 Å². The summed E-state index contributed by atoms with van der Waals surface area (Å²) in [6.07, 6.45) is 3.70. The van der Waals surface area contributed by atoms with Crippen LogP contribution in [0.5, 0.6) is 0 Å². The summed E-state index contributed by atoms with van der Waals surface area (Å²) < 4.78 is 7.60. The van der Waals surface area contributed by atoms with Gasteiger partial charge < -0.3 is 4.74 Å². The summed E-state index contributed by atoms with van der Waals surface area (Å²) in [6, 6.07) is 0. The maximum Gasteiger partial charge on any atom is 0.435 e. The van der Waals surface area contributed by atoms with Gasteiger partial charge in [0.15, 0.2) is 0 Å². The lowest BCUT2D eigenvalue weighted by molar-refractivity contribution is 0.0514. The highest BCUT2D eigenvalue weighted by molar-refractivity contribution is 14.1. The van der Waals surface area contributed by atoms with Crippen molar-refractivity contribution in [1.82, 2.24) is 9.78 Å². The second kappa shape index (κ2) is 4.01. The van der Waals surface area contributed by atoms with Crippen molar-refractivity contribution < 1.29 is 9.53 Å². The fourth-order valence-corrected chi connectivity index (χ4v) is 2.21. The van der Waals surface area contributed by atoms with E-state index in [1.54, 1.807) is 6.20 Å². The first-order valence-electron chi connectivity index (χ1n) is 5.35. The number of carbonyl (C=O) groups excluding carboxylic acids is 1. The molecule has 1 saturated carbocycles. The van der Waals surface area contributed by atoms with Gasteiger partial charge in [0.05, 0.1) is 15.5 Å². The number of aromatic nitrogens is 2. The van der Waals surface area contributed by atoms with Gasteiger partial charge in [-0.15, -0.1) is 0 Å². The Labute approximate surface area is 108 Å². The van der Waals surface area contributed by atoms with Crippen LogP contribution in [0.4, 0.5) is 4.79 Å². The average Bonchev–Trinajstić information content (AvgIpc) is 2.87. The predicted molar refractivity (Wildman–Crippen MR) is 68.6 cm³/mol. The highest BCUT2D eigenvalue weighted by Crippen LogP contribution is 2.41. The number of carbonyl (C=O) groups is 1. The SMILES string of the molecule is CC(C)(C)OC(=O)n1cc(I)c(C2CC2)n1. The predicted octanol–water partition coefficient (Wildman–Crippen LogP) is 3.15. The zero-order valence-electron chi connectivity index (χ0n) is 9.66. The van der Waals surface area contributed by atoms with E-state index in [-0.39, 0.29) is 0 Å². The Balaban J connectivity index is 2.14. The van der Waals surface area contributed by atoms with Crippen LogP contribution in [0.1, 0.15) is 45.2 Å². The third-order valence-electron chi connectivity index (χ3n) is 2.24. The molecular weight excluding hydrogens is 319 g/mol. The van der Waals surface area contributed by atoms with E-state index >= 15 is 0 Å². The van der Waals surface area contributed by atoms with Crippen LogP contribution in [0.25, 0.3) is 0 Å². The zero-order valence-corrected chi connectivity index (χ0v) is 11.8. The van der Waals surface area contributed by atoms with Crippen LogP contribution < -0.4 is 0 Å². The molecule has 5 heteroatoms. The second-order valence-corrected chi connectivity index (χ2v) is 6.22. The van der Waals surface area contributed by atoms with E-state index in [1.165, 1.54) is 17.5 Å². The third-order valence-corrected chi connectivity index (χ3v) is 3.07. The fourth-order valence-electron chi connectivity index (χ4n) is 1.40. The van der Waals surface area contributed by atoms with Crippen LogP contribution in [-0.4, -0.2) is 21.5 Å². The smallest absolute Gasteiger partial charge is 0.435 e. The third kappa shape index (κ3) is 2.75. The molecule has 0 aliphatic heterocycles. The number of hydrogen-bond acceptors (Lipinski definition) is 3. The van der Waals surface area contributed by atoms with Crippen molar-refractivity contribution in [2.45, 2.75) is 45.1 Å². The van der Waals surface area contributed by atoms with Crippen molar-refractivity contribution in [3.05, 3.63) is 15.5 Å². The molecule has 4 nitrogen and oxygen atoms in total. The number of nitrogens with zero attached hydrogens (tertiary/aromatic N) is 2. The molecule has 0 N–H and O–H groups in total. The average molecular weight is 334 g/mol. The summed E-state index contributed by atoms with van der Waals surface area (Å²) in [7, 11) is 0. The van der Waals surface area contributed by atoms with Crippen molar-refractivity contribution in [2.75, 3.05) is 0 Å². The van der Waals surface area contributed by atoms with E-state index in [1.807, 2.05) is 20.8 Å². The normalized spacial score (nSPS) is 16.2. The minimum Gasteiger partial charge on any atom is -0.442 e. The Morgan fingerprint density at radius 1 is 1.56 bits per heavy atom. The van der Waals surface area contributed by atoms with E-state index in [0.717, 1.165) is 9.26 Å². The van der Waals surface area contributed by atoms with E-state index in [9.17, 15) is 4.79 Å². The molecule has 2 rings (SSSR count). The van der Waals surface area contributed by atoms with Gasteiger partial charge in [-0.2, -0.15) is 9.78 Å². The van der Waals surface area contributed by atoms with E-state index < -0.39 is 11.7 Å². The molecule has 88 valence electrons. The molecule has 1 aliphatic rings. The molecule has 0 radical (unpaired) electrons. The summed E-state index contributed by atoms with van der Waals surface area (Å²) in [5.74, 6) is 0.551. The van der Waals surface area contributed by atoms with Gasteiger partial charge in [-0.3, -0.25) is 0 Å². The van der Waals surface area contributed by atoms with Gasteiger partial charge >= 0.3 is 6.09 Å². The monoisotopic (exact) mass is 334 g/mol. The molecule has 1 aliphatic carbocycles. The van der Waals surface area contributed by atoms with Gasteiger partial charge in [-0.1, -0.05) is 0 Å². The molecule has 0 bridgehead atoms. The molecule has 0 atom stereocenters. The topological polar surface area (TPSA) is 44.1 Å². The molecule has 0 aromatic carbocycles. The van der Waals surface area contributed by atoms with Crippen molar-refractivity contribution >= 4 is 28.7 Å². The minimum absolute atomic E-state index is 0.405. The Bertz CT molecular complexity index is 416. The van der Waals surface area contributed by atoms with Crippen LogP contribution in [0.2, 0.25) is 0 Å². The van der Waals surface area contributed by atoms with Crippen LogP contribution in [0, 0.1) is 3.57 Å². The maximum atomic E-state index is 11.7. The van der Waals surface area contributed by atoms with Gasteiger partial charge in [-0.25, -0.2) is 4.79 Å². The molecular formula is C11H15IN2O2. The molecule has 1 fully saturated rings. The van der Waals surface area contributed by atoms with Crippen molar-refractivity contribution in [3.63, 3.8) is 0 Å². The fraction of sp³-hybridized carbons (Fsp3) is 0.636. The molecule has 16 heavy (non-hydrogen) atoms. The van der Waals surface area contributed by atoms with Crippen LogP contribution in [-0.2, 0) is 4.74 Å². The van der Waals surface area contributed by atoms with Gasteiger partial charge in [0.25, 0.3) is 0 Å². The Morgan fingerprint density at radius 3 is 2.69 bits per heavy atom. The van der Waals surface area contributed by atoms with Gasteiger partial charge in [0.2, 0.25) is 0 Å². The highest BCUT2D eigenvalue weighted by atomic mass is 127. The largest absolute Gasteiger partial charge is 0.442 e. The second-order valence-electron chi connectivity index (χ2n) is 5.06. The summed E-state index contributed by atoms with van der Waals surface area (Å²) in [5, 5.41) is 4.29. The number of halogens is 1. The quantitative estimate of drug-likeness (QED) is 0.741. The van der Waals surface area contributed by atoms with E-state index in [2.05, 4.69) is 27.7 Å². The first kappa shape index (κ1) is 11.9. The molecule has 0 saturated heterocycles. The number of ether oxygens (including phenoxy) is 1. The summed E-state index contributed by atoms with van der Waals surface area (Å²) >= 11 is 2.22. The van der Waals surface area contributed by atoms with Crippen LogP contribution in [0.3, 0.4) is 0 Å². The standard InChI is InChI=1S/C11H15IN2O2/c1-11(2,3)16-10(15)14-6-8(12)9(13-14)7-4-5-7/h6-7H,4-5H2,1-3H3. The first-order valence-corrected chi connectivity index (χ1v) is 6.43. The molecule has 1 aromatic rings.